The molecule has 1 aromatic rings. The second-order valence-corrected chi connectivity index (χ2v) is 18.3. The van der Waals surface area contributed by atoms with E-state index in [1.54, 1.807) is 0 Å². The van der Waals surface area contributed by atoms with Gasteiger partial charge in [0.1, 0.15) is 42.3 Å². The number of hydrogen-bond acceptors (Lipinski definition) is 13. The number of aromatic amines is 1. The molecule has 364 valence electrons. The average Bonchev–Trinajstić information content (AvgIpc) is 4.14. The summed E-state index contributed by atoms with van der Waals surface area (Å²) in [4.78, 5) is 146. The zero-order chi connectivity index (χ0) is 47.8. The number of hydrogen-bond donors (Lipinski definition) is 9. The van der Waals surface area contributed by atoms with Gasteiger partial charge in [0.15, 0.2) is 0 Å². The number of carbonyl (C=O) groups excluding carboxylic acids is 10. The van der Waals surface area contributed by atoms with Gasteiger partial charge in [-0.2, -0.15) is 11.8 Å². The fourth-order valence-electron chi connectivity index (χ4n) is 8.81. The summed E-state index contributed by atoms with van der Waals surface area (Å²) in [6.07, 6.45) is 7.16. The predicted molar refractivity (Wildman–Crippen MR) is 239 cm³/mol. The van der Waals surface area contributed by atoms with Crippen LogP contribution >= 0.6 is 11.8 Å². The van der Waals surface area contributed by atoms with E-state index in [4.69, 9.17) is 17.2 Å². The maximum atomic E-state index is 14.2. The van der Waals surface area contributed by atoms with Gasteiger partial charge in [0, 0.05) is 56.5 Å². The topological polar surface area (TPSA) is 347 Å². The number of unbranched alkanes of at least 4 members (excludes halogenated alkanes) is 1. The Morgan fingerprint density at radius 3 is 2.11 bits per heavy atom. The predicted octanol–water partition coefficient (Wildman–Crippen LogP) is -3.22. The van der Waals surface area contributed by atoms with Crippen LogP contribution in [-0.4, -0.2) is 170 Å². The van der Waals surface area contributed by atoms with Gasteiger partial charge < -0.3 is 63.5 Å². The lowest BCUT2D eigenvalue weighted by Crippen LogP contribution is -2.58. The lowest BCUT2D eigenvalue weighted by molar-refractivity contribution is -0.147. The number of nitrogens with one attached hydrogen (secondary N) is 6. The maximum absolute atomic E-state index is 14.2. The molecule has 5 heterocycles. The van der Waals surface area contributed by atoms with Crippen LogP contribution in [0.2, 0.25) is 0 Å². The number of H-pyrrole nitrogens is 1. The molecule has 0 saturated carbocycles. The minimum absolute atomic E-state index is 0.0455. The van der Waals surface area contributed by atoms with Crippen molar-refractivity contribution in [2.24, 2.45) is 17.2 Å². The van der Waals surface area contributed by atoms with E-state index in [0.29, 0.717) is 75.8 Å². The number of nitrogens with zero attached hydrogens (tertiary/aromatic N) is 4. The van der Waals surface area contributed by atoms with Crippen LogP contribution in [0.1, 0.15) is 95.6 Å². The van der Waals surface area contributed by atoms with E-state index >= 15 is 0 Å². The van der Waals surface area contributed by atoms with Gasteiger partial charge in [-0.05, 0) is 89.3 Å². The molecular formula is C42H65N13O10S. The summed E-state index contributed by atoms with van der Waals surface area (Å²) in [5.74, 6) is -5.56. The van der Waals surface area contributed by atoms with Crippen molar-refractivity contribution >= 4 is 70.8 Å². The Morgan fingerprint density at radius 2 is 1.45 bits per heavy atom. The monoisotopic (exact) mass is 943 g/mol. The summed E-state index contributed by atoms with van der Waals surface area (Å²) in [6, 6.07) is -7.44. The van der Waals surface area contributed by atoms with Crippen molar-refractivity contribution in [2.75, 3.05) is 44.2 Å². The van der Waals surface area contributed by atoms with Crippen LogP contribution in [0.5, 0.6) is 0 Å². The summed E-state index contributed by atoms with van der Waals surface area (Å²) in [5, 5.41) is 13.5. The maximum Gasteiger partial charge on any atom is 0.246 e. The van der Waals surface area contributed by atoms with E-state index in [2.05, 4.69) is 36.6 Å². The van der Waals surface area contributed by atoms with E-state index < -0.39 is 108 Å². The van der Waals surface area contributed by atoms with E-state index in [1.807, 2.05) is 0 Å². The van der Waals surface area contributed by atoms with Crippen molar-refractivity contribution in [2.45, 2.75) is 139 Å². The van der Waals surface area contributed by atoms with Gasteiger partial charge >= 0.3 is 0 Å². The smallest absolute Gasteiger partial charge is 0.246 e. The fourth-order valence-corrected chi connectivity index (χ4v) is 9.85. The van der Waals surface area contributed by atoms with Crippen LogP contribution in [-0.2, 0) is 54.4 Å². The normalized spacial score (nSPS) is 26.3. The molecule has 0 aliphatic carbocycles. The summed E-state index contributed by atoms with van der Waals surface area (Å²) < 4.78 is 0. The number of aromatic nitrogens is 2. The van der Waals surface area contributed by atoms with E-state index in [9.17, 15) is 47.9 Å². The summed E-state index contributed by atoms with van der Waals surface area (Å²) in [5.41, 5.74) is 17.2. The highest BCUT2D eigenvalue weighted by molar-refractivity contribution is 7.99. The third-order valence-corrected chi connectivity index (χ3v) is 13.5. The van der Waals surface area contributed by atoms with Crippen molar-refractivity contribution in [1.82, 2.24) is 51.3 Å². The quantitative estimate of drug-likeness (QED) is 0.0933. The molecule has 10 amide bonds. The number of fused-ring (bicyclic) bond motifs is 3. The minimum Gasteiger partial charge on any atom is -0.370 e. The van der Waals surface area contributed by atoms with Gasteiger partial charge in [0.2, 0.25) is 59.1 Å². The molecule has 4 aliphatic rings. The first kappa shape index (κ1) is 51.2. The second kappa shape index (κ2) is 25.2. The zero-order valence-electron chi connectivity index (χ0n) is 37.3. The number of nitrogens with two attached hydrogens (primary N) is 3. The Labute approximate surface area is 387 Å². The minimum atomic E-state index is -1.32. The number of amides is 10. The molecule has 7 atom stereocenters. The molecule has 1 aromatic heterocycles. The molecular weight excluding hydrogens is 879 g/mol. The highest BCUT2D eigenvalue weighted by Crippen LogP contribution is 2.26. The number of thioether (sulfide) groups is 1. The third-order valence-electron chi connectivity index (χ3n) is 12.3. The van der Waals surface area contributed by atoms with Crippen LogP contribution in [0.3, 0.4) is 0 Å². The van der Waals surface area contributed by atoms with Crippen molar-refractivity contribution in [3.05, 3.63) is 18.2 Å². The third kappa shape index (κ3) is 14.4. The molecule has 0 bridgehead atoms. The van der Waals surface area contributed by atoms with Crippen molar-refractivity contribution in [3.63, 3.8) is 0 Å². The van der Waals surface area contributed by atoms with Gasteiger partial charge in [0.05, 0.1) is 12.9 Å². The van der Waals surface area contributed by atoms with E-state index in [-0.39, 0.29) is 63.9 Å². The van der Waals surface area contributed by atoms with Crippen LogP contribution in [0.15, 0.2) is 12.5 Å². The molecule has 5 rings (SSSR count). The van der Waals surface area contributed by atoms with Crippen LogP contribution in [0.25, 0.3) is 0 Å². The molecule has 0 spiro atoms. The van der Waals surface area contributed by atoms with Crippen LogP contribution < -0.4 is 43.8 Å². The molecule has 4 aliphatic heterocycles. The van der Waals surface area contributed by atoms with Crippen molar-refractivity contribution in [1.29, 1.82) is 0 Å². The molecule has 66 heavy (non-hydrogen) atoms. The lowest BCUT2D eigenvalue weighted by Gasteiger charge is -2.32. The number of primary amides is 2. The van der Waals surface area contributed by atoms with E-state index in [1.165, 1.54) is 39.0 Å². The first-order valence-electron chi connectivity index (χ1n) is 22.9. The first-order valence-corrected chi connectivity index (χ1v) is 24.0. The Hall–Kier alpha value is -5.78. The first-order chi connectivity index (χ1) is 31.7. The molecule has 0 unspecified atom stereocenters. The molecule has 4 fully saturated rings. The second-order valence-electron chi connectivity index (χ2n) is 17.2. The Kier molecular flexibility index (Phi) is 19.6. The van der Waals surface area contributed by atoms with Gasteiger partial charge in [-0.25, -0.2) is 4.98 Å². The Morgan fingerprint density at radius 1 is 0.788 bits per heavy atom. The largest absolute Gasteiger partial charge is 0.370 e. The number of rotatable bonds is 12. The van der Waals surface area contributed by atoms with Crippen molar-refractivity contribution in [3.8, 4) is 0 Å². The molecule has 24 heteroatoms. The van der Waals surface area contributed by atoms with Crippen molar-refractivity contribution < 1.29 is 47.9 Å². The van der Waals surface area contributed by atoms with Gasteiger partial charge in [-0.3, -0.25) is 47.9 Å². The molecule has 12 N–H and O–H groups in total. The SMILES string of the molecule is NCCCC[C@H](NC(=O)[C@@H]1CSCCCCC(=O)N[C@@H](Cc2cnc[nH]2)C(=O)N2CCC[C@H]2C(=O)N[C@@H](CCC(N)=O)C(=O)NCC(=O)N2CCC[C@H]2C(=O)N2CCC[C@H]2C(=O)N1)C(N)=O. The molecule has 23 nitrogen and oxygen atoms in total. The zero-order valence-corrected chi connectivity index (χ0v) is 38.1. The van der Waals surface area contributed by atoms with Crippen LogP contribution in [0, 0.1) is 0 Å². The fraction of sp³-hybridized carbons (Fsp3) is 0.690. The standard InChI is InChI=1S/C42H65N13O10S/c43-15-3-1-8-26(36(45)59)50-38(61)29-23-66-19-4-2-12-34(57)49-28(20-25-21-46-24-48-25)41(64)54-17-5-9-30(54)39(62)51-27(13-14-33(44)56)37(60)47-22-35(58)53-16-7-11-32(53)42(65)55-18-6-10-31(55)40(63)52-29/h21,24,26-32H,1-20,22-23,43H2,(H2,44,56)(H2,45,59)(H,46,48)(H,47,60)(H,49,57)(H,50,61)(H,51,62)(H,52,63)/t26-,27-,28-,29-,30-,31-,32-/m0/s1. The summed E-state index contributed by atoms with van der Waals surface area (Å²) >= 11 is 1.34. The number of imidazole rings is 1. The molecule has 0 aromatic carbocycles. The molecule has 4 saturated heterocycles. The van der Waals surface area contributed by atoms with Gasteiger partial charge in [-0.15, -0.1) is 0 Å². The highest BCUT2D eigenvalue weighted by Gasteiger charge is 2.44. The highest BCUT2D eigenvalue weighted by atomic mass is 32.2. The van der Waals surface area contributed by atoms with Gasteiger partial charge in [0.25, 0.3) is 0 Å². The van der Waals surface area contributed by atoms with Crippen LogP contribution in [0.4, 0.5) is 0 Å². The average molecular weight is 944 g/mol. The Bertz CT molecular complexity index is 1920. The molecule has 0 radical (unpaired) electrons. The number of carbonyl (C=O) groups is 10. The van der Waals surface area contributed by atoms with E-state index in [0.717, 1.165) is 0 Å². The Balaban J connectivity index is 1.38. The van der Waals surface area contributed by atoms with Gasteiger partial charge in [-0.1, -0.05) is 0 Å². The summed E-state index contributed by atoms with van der Waals surface area (Å²) in [7, 11) is 0. The summed E-state index contributed by atoms with van der Waals surface area (Å²) in [6.45, 7) is 0.466. The lowest BCUT2D eigenvalue weighted by atomic mass is 10.1.